The van der Waals surface area contributed by atoms with Gasteiger partial charge in [-0.15, -0.1) is 0 Å². The number of rotatable bonds is 7. The number of benzene rings is 1. The van der Waals surface area contributed by atoms with Gasteiger partial charge in [-0.25, -0.2) is 0 Å². The van der Waals surface area contributed by atoms with Crippen LogP contribution in [0.1, 0.15) is 26.3 Å². The summed E-state index contributed by atoms with van der Waals surface area (Å²) in [5.41, 5.74) is 2.36. The van der Waals surface area contributed by atoms with E-state index in [-0.39, 0.29) is 5.54 Å². The van der Waals surface area contributed by atoms with Crippen molar-refractivity contribution in [3.05, 3.63) is 42.1 Å². The van der Waals surface area contributed by atoms with Gasteiger partial charge in [0.1, 0.15) is 0 Å². The first-order valence-electron chi connectivity index (χ1n) is 10.3. The lowest BCUT2D eigenvalue weighted by Crippen LogP contribution is -2.52. The molecule has 1 aliphatic heterocycles. The predicted octanol–water partition coefficient (Wildman–Crippen LogP) is 2.44. The fourth-order valence-electron chi connectivity index (χ4n) is 3.57. The molecule has 0 amide bonds. The zero-order valence-electron chi connectivity index (χ0n) is 17.4. The van der Waals surface area contributed by atoms with Gasteiger partial charge in [0.05, 0.1) is 25.3 Å². The van der Waals surface area contributed by atoms with Gasteiger partial charge in [0.2, 0.25) is 0 Å². The summed E-state index contributed by atoms with van der Waals surface area (Å²) in [5.74, 6) is 0.872. The topological polar surface area (TPSA) is 61.8 Å². The molecule has 0 saturated carbocycles. The molecule has 0 unspecified atom stereocenters. The molecule has 1 aromatic carbocycles. The van der Waals surface area contributed by atoms with Crippen molar-refractivity contribution in [2.45, 2.75) is 32.7 Å². The van der Waals surface area contributed by atoms with Crippen LogP contribution in [-0.2, 0) is 11.2 Å². The van der Waals surface area contributed by atoms with E-state index in [1.54, 1.807) is 0 Å². The number of pyridine rings is 1. The predicted molar refractivity (Wildman–Crippen MR) is 116 cm³/mol. The molecule has 2 heterocycles. The molecule has 0 radical (unpaired) electrons. The summed E-state index contributed by atoms with van der Waals surface area (Å²) in [6, 6.07) is 10.5. The first kappa shape index (κ1) is 20.6. The smallest absolute Gasteiger partial charge is 0.191 e. The van der Waals surface area contributed by atoms with Gasteiger partial charge in [-0.2, -0.15) is 0 Å². The Labute approximate surface area is 168 Å². The van der Waals surface area contributed by atoms with Crippen LogP contribution in [0.3, 0.4) is 0 Å². The molecule has 2 aromatic rings. The van der Waals surface area contributed by atoms with Crippen molar-refractivity contribution in [3.63, 3.8) is 0 Å². The van der Waals surface area contributed by atoms with E-state index >= 15 is 0 Å². The Morgan fingerprint density at radius 2 is 1.96 bits per heavy atom. The van der Waals surface area contributed by atoms with E-state index in [9.17, 15) is 0 Å². The SMILES string of the molecule is CCNC(=NCC(C)(C)N1CCOCC1)NCCc1cccc2cccnc12. The molecule has 0 aliphatic carbocycles. The van der Waals surface area contributed by atoms with Crippen molar-refractivity contribution in [1.82, 2.24) is 20.5 Å². The van der Waals surface area contributed by atoms with E-state index in [1.807, 2.05) is 12.3 Å². The molecule has 0 bridgehead atoms. The van der Waals surface area contributed by atoms with Crippen molar-refractivity contribution in [2.75, 3.05) is 45.9 Å². The number of guanidine groups is 1. The summed E-state index contributed by atoms with van der Waals surface area (Å²) in [6.07, 6.45) is 2.77. The van der Waals surface area contributed by atoms with Crippen LogP contribution in [0, 0.1) is 0 Å². The Balaban J connectivity index is 1.58. The van der Waals surface area contributed by atoms with Gasteiger partial charge >= 0.3 is 0 Å². The van der Waals surface area contributed by atoms with Crippen LogP contribution >= 0.6 is 0 Å². The number of nitrogens with zero attached hydrogens (tertiary/aromatic N) is 3. The largest absolute Gasteiger partial charge is 0.379 e. The first-order chi connectivity index (χ1) is 13.6. The highest BCUT2D eigenvalue weighted by molar-refractivity contribution is 5.82. The Hall–Kier alpha value is -2.18. The maximum Gasteiger partial charge on any atom is 0.191 e. The molecule has 3 rings (SSSR count). The fraction of sp³-hybridized carbons (Fsp3) is 0.545. The number of fused-ring (bicyclic) bond motifs is 1. The van der Waals surface area contributed by atoms with Gasteiger partial charge in [-0.1, -0.05) is 24.3 Å². The summed E-state index contributed by atoms with van der Waals surface area (Å²) in [7, 11) is 0. The van der Waals surface area contributed by atoms with Crippen molar-refractivity contribution in [2.24, 2.45) is 4.99 Å². The summed E-state index contributed by atoms with van der Waals surface area (Å²) in [4.78, 5) is 11.9. The van der Waals surface area contributed by atoms with Crippen molar-refractivity contribution in [3.8, 4) is 0 Å². The van der Waals surface area contributed by atoms with Crippen LogP contribution in [0.15, 0.2) is 41.5 Å². The van der Waals surface area contributed by atoms with E-state index in [0.717, 1.165) is 63.8 Å². The van der Waals surface area contributed by atoms with E-state index < -0.39 is 0 Å². The van der Waals surface area contributed by atoms with Gasteiger partial charge in [0, 0.05) is 43.3 Å². The number of ether oxygens (including phenoxy) is 1. The maximum atomic E-state index is 5.48. The van der Waals surface area contributed by atoms with E-state index in [0.29, 0.717) is 0 Å². The average Bonchev–Trinajstić information content (AvgIpc) is 2.73. The lowest BCUT2D eigenvalue weighted by atomic mass is 10.0. The zero-order chi connectivity index (χ0) is 19.8. The normalized spacial score (nSPS) is 16.3. The fourth-order valence-corrected chi connectivity index (χ4v) is 3.57. The van der Waals surface area contributed by atoms with E-state index in [2.05, 4.69) is 65.6 Å². The molecule has 6 heteroatoms. The van der Waals surface area contributed by atoms with Gasteiger partial charge in [0.15, 0.2) is 5.96 Å². The summed E-state index contributed by atoms with van der Waals surface area (Å²) >= 11 is 0. The molecule has 1 fully saturated rings. The molecule has 6 nitrogen and oxygen atoms in total. The number of morpholine rings is 1. The third-order valence-corrected chi connectivity index (χ3v) is 5.24. The second-order valence-electron chi connectivity index (χ2n) is 7.78. The van der Waals surface area contributed by atoms with Crippen LogP contribution in [0.5, 0.6) is 0 Å². The lowest BCUT2D eigenvalue weighted by Gasteiger charge is -2.39. The lowest BCUT2D eigenvalue weighted by molar-refractivity contribution is -0.00683. The minimum atomic E-state index is 0.0195. The molecule has 1 saturated heterocycles. The van der Waals surface area contributed by atoms with Gasteiger partial charge in [-0.3, -0.25) is 14.9 Å². The number of aliphatic imine (C=N–C) groups is 1. The van der Waals surface area contributed by atoms with E-state index in [1.165, 1.54) is 10.9 Å². The molecule has 0 atom stereocenters. The van der Waals surface area contributed by atoms with Crippen LogP contribution in [0.2, 0.25) is 0 Å². The minimum absolute atomic E-state index is 0.0195. The molecule has 1 aromatic heterocycles. The third-order valence-electron chi connectivity index (χ3n) is 5.24. The molecule has 0 spiro atoms. The van der Waals surface area contributed by atoms with E-state index in [4.69, 9.17) is 9.73 Å². The first-order valence-corrected chi connectivity index (χ1v) is 10.3. The van der Waals surface area contributed by atoms with Crippen LogP contribution < -0.4 is 10.6 Å². The summed E-state index contributed by atoms with van der Waals surface area (Å²) in [5, 5.41) is 8.03. The number of aromatic nitrogens is 1. The van der Waals surface area contributed by atoms with Crippen LogP contribution in [0.25, 0.3) is 10.9 Å². The van der Waals surface area contributed by atoms with Crippen LogP contribution in [0.4, 0.5) is 0 Å². The number of hydrogen-bond acceptors (Lipinski definition) is 4. The Bertz CT molecular complexity index is 778. The monoisotopic (exact) mass is 383 g/mol. The van der Waals surface area contributed by atoms with Crippen molar-refractivity contribution in [1.29, 1.82) is 0 Å². The Morgan fingerprint density at radius 1 is 1.18 bits per heavy atom. The zero-order valence-corrected chi connectivity index (χ0v) is 17.4. The standard InChI is InChI=1S/C22H33N5O/c1-4-23-21(26-17-22(2,3)27-13-15-28-16-14-27)25-12-10-19-8-5-7-18-9-6-11-24-20(18)19/h5-9,11H,4,10,12-17H2,1-3H3,(H2,23,25,26). The molecule has 1 aliphatic rings. The van der Waals surface area contributed by atoms with Crippen molar-refractivity contribution >= 4 is 16.9 Å². The quantitative estimate of drug-likeness (QED) is 0.568. The number of para-hydroxylation sites is 1. The Morgan fingerprint density at radius 3 is 2.75 bits per heavy atom. The third kappa shape index (κ3) is 5.42. The van der Waals surface area contributed by atoms with Crippen LogP contribution in [-0.4, -0.2) is 67.3 Å². The minimum Gasteiger partial charge on any atom is -0.379 e. The highest BCUT2D eigenvalue weighted by atomic mass is 16.5. The summed E-state index contributed by atoms with van der Waals surface area (Å²) in [6.45, 7) is 12.6. The second kappa shape index (κ2) is 9.85. The highest BCUT2D eigenvalue weighted by Crippen LogP contribution is 2.17. The van der Waals surface area contributed by atoms with Gasteiger partial charge in [0.25, 0.3) is 0 Å². The second-order valence-corrected chi connectivity index (χ2v) is 7.78. The molecule has 2 N–H and O–H groups in total. The molecular formula is C22H33N5O. The van der Waals surface area contributed by atoms with Gasteiger partial charge in [-0.05, 0) is 38.8 Å². The average molecular weight is 384 g/mol. The molecule has 28 heavy (non-hydrogen) atoms. The molecule has 152 valence electrons. The van der Waals surface area contributed by atoms with Crippen molar-refractivity contribution < 1.29 is 4.74 Å². The summed E-state index contributed by atoms with van der Waals surface area (Å²) < 4.78 is 5.48. The molecular weight excluding hydrogens is 350 g/mol. The highest BCUT2D eigenvalue weighted by Gasteiger charge is 2.28. The Kier molecular flexibility index (Phi) is 7.23. The number of nitrogens with one attached hydrogen (secondary N) is 2. The van der Waals surface area contributed by atoms with Gasteiger partial charge < -0.3 is 15.4 Å². The maximum absolute atomic E-state index is 5.48. The number of hydrogen-bond donors (Lipinski definition) is 2.